The summed E-state index contributed by atoms with van der Waals surface area (Å²) in [6.07, 6.45) is 1.49. The van der Waals surface area contributed by atoms with Crippen molar-refractivity contribution in [3.05, 3.63) is 0 Å². The molecule has 1 N–H and O–H groups in total. The maximum atomic E-state index is 6.28. The van der Waals surface area contributed by atoms with Crippen LogP contribution in [0.1, 0.15) is 27.2 Å². The van der Waals surface area contributed by atoms with E-state index in [1.165, 1.54) is 0 Å². The van der Waals surface area contributed by atoms with E-state index in [9.17, 15) is 0 Å². The Balaban J connectivity index is 1.97. The number of morpholine rings is 1. The Hall–Kier alpha value is -0.120. The number of nitrogens with one attached hydrogen (secondary N) is 1. The Kier molecular flexibility index (Phi) is 3.33. The SMILES string of the molecule is CC(C)C1(C)CNCC(C2CCOC2)O1. The van der Waals surface area contributed by atoms with Crippen LogP contribution < -0.4 is 5.32 Å². The second kappa shape index (κ2) is 4.40. The standard InChI is InChI=1S/C12H23NO2/c1-9(2)12(3)8-13-6-11(15-12)10-4-5-14-7-10/h9-11,13H,4-8H2,1-3H3. The van der Waals surface area contributed by atoms with Gasteiger partial charge in [-0.1, -0.05) is 13.8 Å². The summed E-state index contributed by atoms with van der Waals surface area (Å²) in [7, 11) is 0. The maximum Gasteiger partial charge on any atom is 0.0805 e. The van der Waals surface area contributed by atoms with Crippen LogP contribution in [0.2, 0.25) is 0 Å². The Morgan fingerprint density at radius 1 is 1.40 bits per heavy atom. The molecule has 2 aliphatic rings. The minimum atomic E-state index is -0.00843. The second-order valence-corrected chi connectivity index (χ2v) is 5.38. The molecule has 2 rings (SSSR count). The molecular formula is C12H23NO2. The number of rotatable bonds is 2. The fourth-order valence-corrected chi connectivity index (χ4v) is 2.34. The van der Waals surface area contributed by atoms with Crippen molar-refractivity contribution >= 4 is 0 Å². The first-order chi connectivity index (χ1) is 7.12. The summed E-state index contributed by atoms with van der Waals surface area (Å²) in [6.45, 7) is 10.4. The van der Waals surface area contributed by atoms with Crippen molar-refractivity contribution in [2.75, 3.05) is 26.3 Å². The van der Waals surface area contributed by atoms with Gasteiger partial charge in [-0.3, -0.25) is 0 Å². The van der Waals surface area contributed by atoms with Crippen LogP contribution in [0.5, 0.6) is 0 Å². The molecule has 2 fully saturated rings. The fourth-order valence-electron chi connectivity index (χ4n) is 2.34. The molecule has 0 aromatic rings. The highest BCUT2D eigenvalue weighted by atomic mass is 16.5. The summed E-state index contributed by atoms with van der Waals surface area (Å²) >= 11 is 0. The summed E-state index contributed by atoms with van der Waals surface area (Å²) in [6, 6.07) is 0. The van der Waals surface area contributed by atoms with E-state index >= 15 is 0 Å². The third-order valence-electron chi connectivity index (χ3n) is 3.95. The van der Waals surface area contributed by atoms with Gasteiger partial charge in [-0.05, 0) is 19.3 Å². The van der Waals surface area contributed by atoms with Crippen LogP contribution in [-0.2, 0) is 9.47 Å². The molecule has 3 unspecified atom stereocenters. The van der Waals surface area contributed by atoms with Crippen LogP contribution >= 0.6 is 0 Å². The Bertz CT molecular complexity index is 214. The Morgan fingerprint density at radius 3 is 2.80 bits per heavy atom. The molecule has 2 aliphatic heterocycles. The van der Waals surface area contributed by atoms with Gasteiger partial charge < -0.3 is 14.8 Å². The van der Waals surface area contributed by atoms with Gasteiger partial charge >= 0.3 is 0 Å². The van der Waals surface area contributed by atoms with Crippen molar-refractivity contribution in [2.24, 2.45) is 11.8 Å². The van der Waals surface area contributed by atoms with E-state index < -0.39 is 0 Å². The smallest absolute Gasteiger partial charge is 0.0805 e. The molecule has 0 aromatic carbocycles. The lowest BCUT2D eigenvalue weighted by Crippen LogP contribution is -2.56. The maximum absolute atomic E-state index is 6.28. The van der Waals surface area contributed by atoms with Gasteiger partial charge in [-0.25, -0.2) is 0 Å². The van der Waals surface area contributed by atoms with Crippen LogP contribution in [-0.4, -0.2) is 38.0 Å². The van der Waals surface area contributed by atoms with E-state index in [1.807, 2.05) is 0 Å². The molecule has 0 spiro atoms. The summed E-state index contributed by atoms with van der Waals surface area (Å²) in [5, 5.41) is 3.50. The van der Waals surface area contributed by atoms with E-state index in [2.05, 4.69) is 26.1 Å². The Labute approximate surface area is 92.5 Å². The molecule has 0 aromatic heterocycles. The Morgan fingerprint density at radius 2 is 2.20 bits per heavy atom. The van der Waals surface area contributed by atoms with E-state index in [4.69, 9.17) is 9.47 Å². The predicted molar refractivity (Wildman–Crippen MR) is 59.9 cm³/mol. The van der Waals surface area contributed by atoms with Crippen molar-refractivity contribution in [1.29, 1.82) is 0 Å². The molecule has 3 nitrogen and oxygen atoms in total. The van der Waals surface area contributed by atoms with E-state index in [-0.39, 0.29) is 5.60 Å². The molecule has 0 radical (unpaired) electrons. The molecule has 0 amide bonds. The van der Waals surface area contributed by atoms with Gasteiger partial charge in [0.25, 0.3) is 0 Å². The third kappa shape index (κ3) is 2.35. The van der Waals surface area contributed by atoms with Crippen molar-refractivity contribution in [2.45, 2.75) is 38.9 Å². The topological polar surface area (TPSA) is 30.5 Å². The molecule has 0 saturated carbocycles. The number of hydrogen-bond donors (Lipinski definition) is 1. The molecule has 0 aliphatic carbocycles. The lowest BCUT2D eigenvalue weighted by atomic mass is 9.88. The highest BCUT2D eigenvalue weighted by Crippen LogP contribution is 2.30. The first-order valence-electron chi connectivity index (χ1n) is 6.08. The van der Waals surface area contributed by atoms with Gasteiger partial charge in [0.05, 0.1) is 18.3 Å². The molecule has 88 valence electrons. The van der Waals surface area contributed by atoms with Crippen LogP contribution in [0, 0.1) is 11.8 Å². The minimum absolute atomic E-state index is 0.00843. The first kappa shape index (κ1) is 11.4. The lowest BCUT2D eigenvalue weighted by Gasteiger charge is -2.43. The molecule has 3 atom stereocenters. The minimum Gasteiger partial charge on any atom is -0.381 e. The van der Waals surface area contributed by atoms with Gasteiger partial charge in [0.1, 0.15) is 0 Å². The third-order valence-corrected chi connectivity index (χ3v) is 3.95. The van der Waals surface area contributed by atoms with Crippen LogP contribution in [0.3, 0.4) is 0 Å². The summed E-state index contributed by atoms with van der Waals surface area (Å²) in [4.78, 5) is 0. The van der Waals surface area contributed by atoms with E-state index in [0.29, 0.717) is 17.9 Å². The molecule has 2 saturated heterocycles. The monoisotopic (exact) mass is 213 g/mol. The van der Waals surface area contributed by atoms with Crippen LogP contribution in [0.25, 0.3) is 0 Å². The molecule has 3 heteroatoms. The van der Waals surface area contributed by atoms with Crippen molar-refractivity contribution in [1.82, 2.24) is 5.32 Å². The molecular weight excluding hydrogens is 190 g/mol. The predicted octanol–water partition coefficient (Wildman–Crippen LogP) is 1.43. The van der Waals surface area contributed by atoms with Crippen molar-refractivity contribution < 1.29 is 9.47 Å². The number of ether oxygens (including phenoxy) is 2. The van der Waals surface area contributed by atoms with E-state index in [0.717, 1.165) is 32.7 Å². The second-order valence-electron chi connectivity index (χ2n) is 5.38. The largest absolute Gasteiger partial charge is 0.381 e. The van der Waals surface area contributed by atoms with Crippen molar-refractivity contribution in [3.8, 4) is 0 Å². The highest BCUT2D eigenvalue weighted by molar-refractivity contribution is 4.90. The summed E-state index contributed by atoms with van der Waals surface area (Å²) in [5.74, 6) is 1.14. The van der Waals surface area contributed by atoms with Gasteiger partial charge in [0.15, 0.2) is 0 Å². The van der Waals surface area contributed by atoms with Crippen LogP contribution in [0.4, 0.5) is 0 Å². The fraction of sp³-hybridized carbons (Fsp3) is 1.00. The number of hydrogen-bond acceptors (Lipinski definition) is 3. The quantitative estimate of drug-likeness (QED) is 0.752. The summed E-state index contributed by atoms with van der Waals surface area (Å²) in [5.41, 5.74) is -0.00843. The zero-order valence-corrected chi connectivity index (χ0v) is 10.1. The molecule has 2 heterocycles. The summed E-state index contributed by atoms with van der Waals surface area (Å²) < 4.78 is 11.7. The van der Waals surface area contributed by atoms with Gasteiger partial charge in [-0.2, -0.15) is 0 Å². The van der Waals surface area contributed by atoms with Crippen molar-refractivity contribution in [3.63, 3.8) is 0 Å². The molecule has 15 heavy (non-hydrogen) atoms. The van der Waals surface area contributed by atoms with Crippen LogP contribution in [0.15, 0.2) is 0 Å². The zero-order valence-electron chi connectivity index (χ0n) is 10.1. The van der Waals surface area contributed by atoms with Gasteiger partial charge in [0, 0.05) is 25.6 Å². The normalized spacial score (nSPS) is 42.4. The average Bonchev–Trinajstić information content (AvgIpc) is 2.70. The van der Waals surface area contributed by atoms with E-state index in [1.54, 1.807) is 0 Å². The average molecular weight is 213 g/mol. The first-order valence-corrected chi connectivity index (χ1v) is 6.08. The van der Waals surface area contributed by atoms with Gasteiger partial charge in [0.2, 0.25) is 0 Å². The lowest BCUT2D eigenvalue weighted by molar-refractivity contribution is -0.147. The highest BCUT2D eigenvalue weighted by Gasteiger charge is 2.39. The zero-order chi connectivity index (χ0) is 10.9. The van der Waals surface area contributed by atoms with Gasteiger partial charge in [-0.15, -0.1) is 0 Å². The molecule has 0 bridgehead atoms.